The molecule has 2 heterocycles. The molecule has 1 radical (unpaired) electrons. The minimum absolute atomic E-state index is 0.679. The molecule has 3 aromatic rings. The Balaban J connectivity index is 1.96. The van der Waals surface area contributed by atoms with Gasteiger partial charge in [-0.3, -0.25) is 0 Å². The third-order valence-electron chi connectivity index (χ3n) is 3.16. The molecule has 22 heavy (non-hydrogen) atoms. The van der Waals surface area contributed by atoms with Crippen LogP contribution in [0.3, 0.4) is 0 Å². The van der Waals surface area contributed by atoms with Gasteiger partial charge in [0, 0.05) is 17.2 Å². The fourth-order valence-corrected chi connectivity index (χ4v) is 2.03. The second-order valence-corrected chi connectivity index (χ2v) is 4.43. The van der Waals surface area contributed by atoms with Gasteiger partial charge in [0.2, 0.25) is 0 Å². The van der Waals surface area contributed by atoms with Crippen LogP contribution in [0, 0.1) is 6.20 Å². The summed E-state index contributed by atoms with van der Waals surface area (Å²) in [5.74, 6) is 1.40. The number of methoxy groups -OCH3 is 2. The molecule has 0 bridgehead atoms. The van der Waals surface area contributed by atoms with Crippen molar-refractivity contribution in [1.29, 1.82) is 0 Å². The molecule has 0 saturated heterocycles. The highest BCUT2D eigenvalue weighted by molar-refractivity contribution is 5.69. The predicted octanol–water partition coefficient (Wildman–Crippen LogP) is 2.42. The average molecular weight is 293 g/mol. The van der Waals surface area contributed by atoms with Gasteiger partial charge in [-0.25, -0.2) is 0 Å². The van der Waals surface area contributed by atoms with Gasteiger partial charge < -0.3 is 9.47 Å². The lowest BCUT2D eigenvalue weighted by Gasteiger charge is -2.09. The molecule has 0 aliphatic rings. The fraction of sp³-hybridized carbons (Fsp3) is 0.125. The number of hydrogen-bond acceptors (Lipinski definition) is 6. The maximum Gasteiger partial charge on any atom is 0.132 e. The second kappa shape index (κ2) is 6.17. The molecule has 0 atom stereocenters. The van der Waals surface area contributed by atoms with E-state index in [2.05, 4.69) is 26.6 Å². The van der Waals surface area contributed by atoms with Crippen LogP contribution in [-0.4, -0.2) is 34.6 Å². The fourth-order valence-electron chi connectivity index (χ4n) is 2.03. The average Bonchev–Trinajstić information content (AvgIpc) is 2.62. The molecule has 0 aliphatic carbocycles. The Kier molecular flexibility index (Phi) is 3.91. The topological polar surface area (TPSA) is 70.0 Å². The summed E-state index contributed by atoms with van der Waals surface area (Å²) in [6.45, 7) is 0. The summed E-state index contributed by atoms with van der Waals surface area (Å²) in [6.07, 6.45) is 4.37. The van der Waals surface area contributed by atoms with Crippen LogP contribution in [-0.2, 0) is 0 Å². The summed E-state index contributed by atoms with van der Waals surface area (Å²) in [5.41, 5.74) is 2.99. The van der Waals surface area contributed by atoms with Crippen molar-refractivity contribution in [2.75, 3.05) is 14.2 Å². The molecule has 3 rings (SSSR count). The van der Waals surface area contributed by atoms with Crippen molar-refractivity contribution >= 4 is 0 Å². The van der Waals surface area contributed by atoms with E-state index < -0.39 is 0 Å². The van der Waals surface area contributed by atoms with Crippen LogP contribution < -0.4 is 9.47 Å². The third-order valence-corrected chi connectivity index (χ3v) is 3.16. The first kappa shape index (κ1) is 13.9. The number of nitrogens with zero attached hydrogens (tertiary/aromatic N) is 4. The summed E-state index contributed by atoms with van der Waals surface area (Å²) in [4.78, 5) is 0. The zero-order chi connectivity index (χ0) is 15.4. The van der Waals surface area contributed by atoms with Gasteiger partial charge in [0.15, 0.2) is 0 Å². The van der Waals surface area contributed by atoms with Crippen molar-refractivity contribution in [3.8, 4) is 34.0 Å². The Morgan fingerprint density at radius 1 is 0.909 bits per heavy atom. The van der Waals surface area contributed by atoms with Crippen molar-refractivity contribution in [1.82, 2.24) is 20.4 Å². The summed E-state index contributed by atoms with van der Waals surface area (Å²) >= 11 is 0. The lowest BCUT2D eigenvalue weighted by molar-refractivity contribution is 0.395. The normalized spacial score (nSPS) is 10.3. The molecular weight excluding hydrogens is 280 g/mol. The number of ether oxygens (including phenoxy) is 2. The second-order valence-electron chi connectivity index (χ2n) is 4.43. The highest BCUT2D eigenvalue weighted by atomic mass is 16.5. The van der Waals surface area contributed by atoms with Crippen molar-refractivity contribution in [3.63, 3.8) is 0 Å². The highest BCUT2D eigenvalue weighted by Crippen LogP contribution is 2.32. The Bertz CT molecular complexity index is 761. The van der Waals surface area contributed by atoms with E-state index in [1.807, 2.05) is 30.3 Å². The van der Waals surface area contributed by atoms with E-state index in [9.17, 15) is 0 Å². The molecule has 0 fully saturated rings. The Morgan fingerprint density at radius 3 is 2.36 bits per heavy atom. The van der Waals surface area contributed by atoms with Gasteiger partial charge in [-0.1, -0.05) is 0 Å². The Hall–Kier alpha value is -3.02. The van der Waals surface area contributed by atoms with Gasteiger partial charge >= 0.3 is 0 Å². The summed E-state index contributed by atoms with van der Waals surface area (Å²) < 4.78 is 10.6. The largest absolute Gasteiger partial charge is 0.497 e. The zero-order valence-electron chi connectivity index (χ0n) is 12.1. The van der Waals surface area contributed by atoms with Crippen molar-refractivity contribution in [3.05, 3.63) is 48.8 Å². The van der Waals surface area contributed by atoms with Crippen LogP contribution in [0.1, 0.15) is 0 Å². The van der Waals surface area contributed by atoms with E-state index in [-0.39, 0.29) is 0 Å². The highest BCUT2D eigenvalue weighted by Gasteiger charge is 2.10. The predicted molar refractivity (Wildman–Crippen MR) is 80.4 cm³/mol. The molecule has 6 heteroatoms. The maximum atomic E-state index is 5.38. The van der Waals surface area contributed by atoms with Gasteiger partial charge in [-0.15, -0.1) is 15.3 Å². The minimum atomic E-state index is 0.679. The van der Waals surface area contributed by atoms with Crippen LogP contribution in [0.4, 0.5) is 0 Å². The molecule has 6 nitrogen and oxygen atoms in total. The molecular formula is C16H13N4O2. The number of aromatic nitrogens is 4. The minimum Gasteiger partial charge on any atom is -0.497 e. The van der Waals surface area contributed by atoms with Gasteiger partial charge in [0.05, 0.1) is 31.8 Å². The zero-order valence-corrected chi connectivity index (χ0v) is 12.1. The smallest absolute Gasteiger partial charge is 0.132 e. The quantitative estimate of drug-likeness (QED) is 0.735. The molecule has 0 amide bonds. The number of hydrogen-bond donors (Lipinski definition) is 0. The van der Waals surface area contributed by atoms with Crippen molar-refractivity contribution in [2.24, 2.45) is 0 Å². The van der Waals surface area contributed by atoms with E-state index in [1.165, 1.54) is 0 Å². The molecule has 0 spiro atoms. The van der Waals surface area contributed by atoms with Crippen molar-refractivity contribution in [2.45, 2.75) is 0 Å². The molecule has 0 unspecified atom stereocenters. The lowest BCUT2D eigenvalue weighted by atomic mass is 10.1. The maximum absolute atomic E-state index is 5.38. The van der Waals surface area contributed by atoms with Gasteiger partial charge in [-0.05, 0) is 30.3 Å². The molecule has 109 valence electrons. The van der Waals surface area contributed by atoms with Crippen LogP contribution >= 0.6 is 0 Å². The lowest BCUT2D eigenvalue weighted by Crippen LogP contribution is -1.95. The van der Waals surface area contributed by atoms with Crippen LogP contribution in [0.25, 0.3) is 22.5 Å². The van der Waals surface area contributed by atoms with Gasteiger partial charge in [0.25, 0.3) is 0 Å². The first-order valence-electron chi connectivity index (χ1n) is 6.57. The van der Waals surface area contributed by atoms with Crippen LogP contribution in [0.5, 0.6) is 11.5 Å². The van der Waals surface area contributed by atoms with Gasteiger partial charge in [0.1, 0.15) is 17.7 Å². The first-order chi connectivity index (χ1) is 10.8. The van der Waals surface area contributed by atoms with E-state index in [0.717, 1.165) is 16.9 Å². The van der Waals surface area contributed by atoms with E-state index in [4.69, 9.17) is 9.47 Å². The monoisotopic (exact) mass is 293 g/mol. The summed E-state index contributed by atoms with van der Waals surface area (Å²) in [6, 6.07) is 11.1. The molecule has 2 aromatic heterocycles. The first-order valence-corrected chi connectivity index (χ1v) is 6.57. The Labute approximate surface area is 127 Å². The van der Waals surface area contributed by atoms with Crippen LogP contribution in [0.15, 0.2) is 42.6 Å². The van der Waals surface area contributed by atoms with E-state index in [1.54, 1.807) is 26.5 Å². The summed E-state index contributed by atoms with van der Waals surface area (Å²) in [5, 5.41) is 15.9. The van der Waals surface area contributed by atoms with Crippen molar-refractivity contribution < 1.29 is 9.47 Å². The molecule has 1 aromatic carbocycles. The SMILES string of the molecule is COc1ccc(-c2ccc(-c3[c]nncc3)nn2)c(OC)c1. The third kappa shape index (κ3) is 2.71. The summed E-state index contributed by atoms with van der Waals surface area (Å²) in [7, 11) is 3.22. The van der Waals surface area contributed by atoms with Gasteiger partial charge in [-0.2, -0.15) is 5.10 Å². The van der Waals surface area contributed by atoms with E-state index in [0.29, 0.717) is 17.1 Å². The van der Waals surface area contributed by atoms with E-state index >= 15 is 0 Å². The number of benzene rings is 1. The number of rotatable bonds is 4. The Morgan fingerprint density at radius 2 is 1.73 bits per heavy atom. The molecule has 0 N–H and O–H groups in total. The van der Waals surface area contributed by atoms with Crippen LogP contribution in [0.2, 0.25) is 0 Å². The molecule has 0 aliphatic heterocycles. The molecule has 0 saturated carbocycles. The standard InChI is InChI=1S/C16H13N4O2/c1-21-12-3-4-13(16(9-12)22-2)15-6-5-14(19-20-15)11-7-8-17-18-10-11/h3-9H,1-2H3.